The van der Waals surface area contributed by atoms with Gasteiger partial charge in [-0.05, 0) is 31.4 Å². The van der Waals surface area contributed by atoms with E-state index in [-0.39, 0.29) is 17.7 Å². The van der Waals surface area contributed by atoms with Crippen molar-refractivity contribution in [3.05, 3.63) is 24.3 Å². The van der Waals surface area contributed by atoms with Crippen LogP contribution in [0.2, 0.25) is 0 Å². The molecular weight excluding hydrogens is 322 g/mol. The summed E-state index contributed by atoms with van der Waals surface area (Å²) in [5.74, 6) is -0.171. The molecule has 2 aliphatic rings. The highest BCUT2D eigenvalue weighted by Crippen LogP contribution is 2.39. The lowest BCUT2D eigenvalue weighted by Crippen LogP contribution is -2.47. The summed E-state index contributed by atoms with van der Waals surface area (Å²) in [6.07, 6.45) is 2.46. The number of piperidine rings is 1. The number of amides is 2. The van der Waals surface area contributed by atoms with Gasteiger partial charge in [0.05, 0.1) is 12.2 Å². The van der Waals surface area contributed by atoms with Crippen LogP contribution >= 0.6 is 11.8 Å². The number of anilines is 1. The molecule has 2 heterocycles. The van der Waals surface area contributed by atoms with Crippen LogP contribution in [-0.2, 0) is 9.59 Å². The third kappa shape index (κ3) is 3.69. The quantitative estimate of drug-likeness (QED) is 0.906. The molecule has 6 heteroatoms. The summed E-state index contributed by atoms with van der Waals surface area (Å²) in [7, 11) is 0. The zero-order valence-corrected chi connectivity index (χ0v) is 14.9. The van der Waals surface area contributed by atoms with E-state index in [1.54, 1.807) is 0 Å². The Kier molecular flexibility index (Phi) is 5.33. The summed E-state index contributed by atoms with van der Waals surface area (Å²) in [5, 5.41) is 0.522. The molecular formula is C18H25N3O2S. The minimum atomic E-state index is -0.241. The first-order valence-electron chi connectivity index (χ1n) is 8.66. The van der Waals surface area contributed by atoms with Crippen molar-refractivity contribution in [2.75, 3.05) is 31.1 Å². The number of para-hydroxylation sites is 1. The molecule has 0 bridgehead atoms. The maximum absolute atomic E-state index is 12.7. The summed E-state index contributed by atoms with van der Waals surface area (Å²) in [6, 6.07) is 8.32. The molecule has 0 aromatic heterocycles. The molecule has 0 aliphatic carbocycles. The van der Waals surface area contributed by atoms with Crippen molar-refractivity contribution in [1.82, 2.24) is 4.90 Å². The van der Waals surface area contributed by atoms with E-state index >= 15 is 0 Å². The van der Waals surface area contributed by atoms with Gasteiger partial charge < -0.3 is 15.5 Å². The summed E-state index contributed by atoms with van der Waals surface area (Å²) in [6.45, 7) is 4.78. The average molecular weight is 347 g/mol. The molecule has 0 radical (unpaired) electrons. The van der Waals surface area contributed by atoms with Crippen molar-refractivity contribution in [1.29, 1.82) is 0 Å². The van der Waals surface area contributed by atoms with Crippen molar-refractivity contribution in [2.24, 2.45) is 11.7 Å². The van der Waals surface area contributed by atoms with Crippen LogP contribution < -0.4 is 10.6 Å². The third-order valence-corrected chi connectivity index (χ3v) is 6.37. The lowest BCUT2D eigenvalue weighted by Gasteiger charge is -2.37. The Morgan fingerprint density at radius 3 is 2.62 bits per heavy atom. The maximum Gasteiger partial charge on any atom is 0.242 e. The standard InChI is InChI=1S/C18H25N3O2S/c1-2-14-11-21(15-5-3-4-6-16(15)24-14)12-17(22)20-9-7-13(8-10-20)18(19)23/h3-6,13-14H,2,7-12H2,1H3,(H2,19,23). The van der Waals surface area contributed by atoms with E-state index in [4.69, 9.17) is 5.73 Å². The van der Waals surface area contributed by atoms with Crippen LogP contribution in [-0.4, -0.2) is 48.1 Å². The average Bonchev–Trinajstić information content (AvgIpc) is 2.61. The number of nitrogens with two attached hydrogens (primary N) is 1. The van der Waals surface area contributed by atoms with E-state index in [1.165, 1.54) is 4.90 Å². The second-order valence-corrected chi connectivity index (χ2v) is 7.90. The number of benzene rings is 1. The number of fused-ring (bicyclic) bond motifs is 1. The van der Waals surface area contributed by atoms with Gasteiger partial charge in [-0.3, -0.25) is 9.59 Å². The van der Waals surface area contributed by atoms with Gasteiger partial charge in [0.25, 0.3) is 0 Å². The summed E-state index contributed by atoms with van der Waals surface area (Å²) in [4.78, 5) is 29.3. The largest absolute Gasteiger partial charge is 0.369 e. The molecule has 2 aliphatic heterocycles. The smallest absolute Gasteiger partial charge is 0.242 e. The first-order valence-corrected chi connectivity index (χ1v) is 9.54. The summed E-state index contributed by atoms with van der Waals surface area (Å²) in [5.41, 5.74) is 6.53. The van der Waals surface area contributed by atoms with Crippen LogP contribution in [0, 0.1) is 5.92 Å². The van der Waals surface area contributed by atoms with Crippen LogP contribution in [0.15, 0.2) is 29.2 Å². The minimum absolute atomic E-state index is 0.0781. The fraction of sp³-hybridized carbons (Fsp3) is 0.556. The normalized spacial score (nSPS) is 21.5. The molecule has 1 unspecified atom stereocenters. The minimum Gasteiger partial charge on any atom is -0.369 e. The van der Waals surface area contributed by atoms with Gasteiger partial charge >= 0.3 is 0 Å². The van der Waals surface area contributed by atoms with Crippen LogP contribution in [0.3, 0.4) is 0 Å². The van der Waals surface area contributed by atoms with Crippen molar-refractivity contribution in [3.63, 3.8) is 0 Å². The van der Waals surface area contributed by atoms with Crippen molar-refractivity contribution in [2.45, 2.75) is 36.3 Å². The van der Waals surface area contributed by atoms with Gasteiger partial charge in [0, 0.05) is 35.7 Å². The lowest BCUT2D eigenvalue weighted by atomic mass is 9.96. The fourth-order valence-corrected chi connectivity index (χ4v) is 4.67. The predicted octanol–water partition coefficient (Wildman–Crippen LogP) is 2.10. The van der Waals surface area contributed by atoms with Gasteiger partial charge in [-0.1, -0.05) is 19.1 Å². The number of hydrogen-bond donors (Lipinski definition) is 1. The molecule has 1 fully saturated rings. The number of likely N-dealkylation sites (tertiary alicyclic amines) is 1. The summed E-state index contributed by atoms with van der Waals surface area (Å²) >= 11 is 1.91. The van der Waals surface area contributed by atoms with Gasteiger partial charge in [0.1, 0.15) is 0 Å². The van der Waals surface area contributed by atoms with Gasteiger partial charge in [-0.15, -0.1) is 11.8 Å². The van der Waals surface area contributed by atoms with E-state index in [0.29, 0.717) is 37.7 Å². The number of primary amides is 1. The van der Waals surface area contributed by atoms with E-state index < -0.39 is 0 Å². The Hall–Kier alpha value is -1.69. The molecule has 1 aromatic rings. The van der Waals surface area contributed by atoms with E-state index in [0.717, 1.165) is 18.7 Å². The van der Waals surface area contributed by atoms with Crippen molar-refractivity contribution >= 4 is 29.3 Å². The Morgan fingerprint density at radius 2 is 1.96 bits per heavy atom. The number of nitrogens with zero attached hydrogens (tertiary/aromatic N) is 2. The van der Waals surface area contributed by atoms with Crippen LogP contribution in [0.5, 0.6) is 0 Å². The van der Waals surface area contributed by atoms with Crippen LogP contribution in [0.1, 0.15) is 26.2 Å². The molecule has 0 spiro atoms. The number of rotatable bonds is 4. The number of thioether (sulfide) groups is 1. The molecule has 1 atom stereocenters. The van der Waals surface area contributed by atoms with Crippen LogP contribution in [0.25, 0.3) is 0 Å². The van der Waals surface area contributed by atoms with Gasteiger partial charge in [0.2, 0.25) is 11.8 Å². The van der Waals surface area contributed by atoms with E-state index in [2.05, 4.69) is 30.0 Å². The predicted molar refractivity (Wildman–Crippen MR) is 97.1 cm³/mol. The second kappa shape index (κ2) is 7.47. The number of hydrogen-bond acceptors (Lipinski definition) is 4. The molecule has 0 saturated carbocycles. The second-order valence-electron chi connectivity index (χ2n) is 6.55. The molecule has 130 valence electrons. The Balaban J connectivity index is 1.65. The van der Waals surface area contributed by atoms with E-state index in [9.17, 15) is 9.59 Å². The van der Waals surface area contributed by atoms with E-state index in [1.807, 2.05) is 22.7 Å². The monoisotopic (exact) mass is 347 g/mol. The SMILES string of the molecule is CCC1CN(CC(=O)N2CCC(C(N)=O)CC2)c2ccccc2S1. The highest BCUT2D eigenvalue weighted by molar-refractivity contribution is 8.00. The lowest BCUT2D eigenvalue weighted by molar-refractivity contribution is -0.133. The zero-order valence-electron chi connectivity index (χ0n) is 14.1. The van der Waals surface area contributed by atoms with Crippen LogP contribution in [0.4, 0.5) is 5.69 Å². The molecule has 24 heavy (non-hydrogen) atoms. The number of carbonyl (C=O) groups is 2. The van der Waals surface area contributed by atoms with Crippen molar-refractivity contribution < 1.29 is 9.59 Å². The van der Waals surface area contributed by atoms with Crippen molar-refractivity contribution in [3.8, 4) is 0 Å². The molecule has 3 rings (SSSR count). The summed E-state index contributed by atoms with van der Waals surface area (Å²) < 4.78 is 0. The molecule has 1 saturated heterocycles. The molecule has 1 aromatic carbocycles. The van der Waals surface area contributed by atoms with Gasteiger partial charge in [-0.2, -0.15) is 0 Å². The van der Waals surface area contributed by atoms with Gasteiger partial charge in [-0.25, -0.2) is 0 Å². The first-order chi connectivity index (χ1) is 11.6. The highest BCUT2D eigenvalue weighted by atomic mass is 32.2. The highest BCUT2D eigenvalue weighted by Gasteiger charge is 2.29. The Bertz CT molecular complexity index is 614. The topological polar surface area (TPSA) is 66.6 Å². The molecule has 2 N–H and O–H groups in total. The maximum atomic E-state index is 12.7. The third-order valence-electron chi connectivity index (χ3n) is 4.96. The van der Waals surface area contributed by atoms with Gasteiger partial charge in [0.15, 0.2) is 0 Å². The number of carbonyl (C=O) groups excluding carboxylic acids is 2. The molecule has 5 nitrogen and oxygen atoms in total. The fourth-order valence-electron chi connectivity index (χ4n) is 3.42. The Morgan fingerprint density at radius 1 is 1.25 bits per heavy atom. The molecule has 2 amide bonds. The zero-order chi connectivity index (χ0) is 17.1. The Labute approximate surface area is 147 Å². The first kappa shape index (κ1) is 17.1.